The average Bonchev–Trinajstić information content (AvgIpc) is 2.50. The van der Waals surface area contributed by atoms with E-state index in [4.69, 9.17) is 5.73 Å². The van der Waals surface area contributed by atoms with Gasteiger partial charge in [-0.05, 0) is 25.2 Å². The highest BCUT2D eigenvalue weighted by molar-refractivity contribution is 4.99. The Morgan fingerprint density at radius 1 is 1.62 bits per heavy atom. The van der Waals surface area contributed by atoms with E-state index < -0.39 is 0 Å². The van der Waals surface area contributed by atoms with Crippen molar-refractivity contribution in [2.75, 3.05) is 6.54 Å². The molecule has 0 unspecified atom stereocenters. The third kappa shape index (κ3) is 1.66. The van der Waals surface area contributed by atoms with Crippen LogP contribution in [0.3, 0.4) is 0 Å². The molecule has 2 N–H and O–H groups in total. The van der Waals surface area contributed by atoms with E-state index in [2.05, 4.69) is 6.58 Å². The second kappa shape index (κ2) is 2.31. The number of nitrogens with two attached hydrogens (primary N) is 1. The maximum absolute atomic E-state index is 5.35. The van der Waals surface area contributed by atoms with E-state index >= 15 is 0 Å². The Labute approximate surface area is 50.6 Å². The highest BCUT2D eigenvalue weighted by Crippen LogP contribution is 2.34. The van der Waals surface area contributed by atoms with Crippen LogP contribution in [0.15, 0.2) is 12.2 Å². The predicted molar refractivity (Wildman–Crippen MR) is 35.5 cm³/mol. The summed E-state index contributed by atoms with van der Waals surface area (Å²) in [6.07, 6.45) is 3.98. The Hall–Kier alpha value is -0.300. The van der Waals surface area contributed by atoms with Gasteiger partial charge in [0.1, 0.15) is 0 Å². The van der Waals surface area contributed by atoms with Crippen molar-refractivity contribution in [3.8, 4) is 0 Å². The van der Waals surface area contributed by atoms with Gasteiger partial charge >= 0.3 is 0 Å². The summed E-state index contributed by atoms with van der Waals surface area (Å²) in [5.41, 5.74) is 6.56. The summed E-state index contributed by atoms with van der Waals surface area (Å²) < 4.78 is 0. The highest BCUT2D eigenvalue weighted by Gasteiger charge is 2.20. The van der Waals surface area contributed by atoms with Crippen LogP contribution in [-0.4, -0.2) is 6.54 Å². The topological polar surface area (TPSA) is 26.0 Å². The maximum Gasteiger partial charge on any atom is 0.0134 e. The monoisotopic (exact) mass is 111 g/mol. The van der Waals surface area contributed by atoms with E-state index in [1.54, 1.807) is 0 Å². The van der Waals surface area contributed by atoms with Crippen LogP contribution in [-0.2, 0) is 0 Å². The summed E-state index contributed by atoms with van der Waals surface area (Å²) in [5.74, 6) is 0.950. The first-order chi connectivity index (χ1) is 3.83. The molecule has 1 aliphatic carbocycles. The lowest BCUT2D eigenvalue weighted by atomic mass is 10.1. The molecule has 0 amide bonds. The zero-order valence-electron chi connectivity index (χ0n) is 5.19. The van der Waals surface area contributed by atoms with Crippen molar-refractivity contribution < 1.29 is 0 Å². The van der Waals surface area contributed by atoms with Gasteiger partial charge in [0.15, 0.2) is 0 Å². The number of hydrogen-bond donors (Lipinski definition) is 1. The molecule has 0 aromatic carbocycles. The van der Waals surface area contributed by atoms with E-state index in [0.29, 0.717) is 6.54 Å². The zero-order valence-corrected chi connectivity index (χ0v) is 5.19. The average molecular weight is 111 g/mol. The van der Waals surface area contributed by atoms with E-state index in [0.717, 1.165) is 5.92 Å². The summed E-state index contributed by atoms with van der Waals surface area (Å²) >= 11 is 0. The summed E-state index contributed by atoms with van der Waals surface area (Å²) in [7, 11) is 0. The van der Waals surface area contributed by atoms with Gasteiger partial charge in [-0.25, -0.2) is 0 Å². The molecule has 0 aliphatic heterocycles. The van der Waals surface area contributed by atoms with Crippen LogP contribution in [0.5, 0.6) is 0 Å². The van der Waals surface area contributed by atoms with Crippen molar-refractivity contribution in [1.82, 2.24) is 0 Å². The molecule has 0 radical (unpaired) electrons. The Morgan fingerprint density at radius 2 is 2.25 bits per heavy atom. The minimum absolute atomic E-state index is 0.677. The van der Waals surface area contributed by atoms with Gasteiger partial charge < -0.3 is 5.73 Å². The van der Waals surface area contributed by atoms with Crippen LogP contribution in [0.1, 0.15) is 19.3 Å². The molecule has 1 nitrogen and oxygen atoms in total. The van der Waals surface area contributed by atoms with Crippen molar-refractivity contribution >= 4 is 0 Å². The van der Waals surface area contributed by atoms with Crippen LogP contribution in [0, 0.1) is 5.92 Å². The molecule has 8 heavy (non-hydrogen) atoms. The van der Waals surface area contributed by atoms with Crippen LogP contribution < -0.4 is 5.73 Å². The molecule has 0 bridgehead atoms. The van der Waals surface area contributed by atoms with Gasteiger partial charge in [0.25, 0.3) is 0 Å². The van der Waals surface area contributed by atoms with Gasteiger partial charge in [0.05, 0.1) is 0 Å². The molecule has 0 aromatic heterocycles. The molecule has 1 saturated carbocycles. The fourth-order valence-corrected chi connectivity index (χ4v) is 0.814. The SMILES string of the molecule is C=C(CN)CC1CC1. The molecule has 0 heterocycles. The fraction of sp³-hybridized carbons (Fsp3) is 0.714. The molecular weight excluding hydrogens is 98.1 g/mol. The van der Waals surface area contributed by atoms with Crippen LogP contribution >= 0.6 is 0 Å². The Kier molecular flexibility index (Phi) is 1.69. The van der Waals surface area contributed by atoms with E-state index in [1.165, 1.54) is 24.8 Å². The molecule has 1 aliphatic rings. The van der Waals surface area contributed by atoms with Gasteiger partial charge in [0.2, 0.25) is 0 Å². The van der Waals surface area contributed by atoms with Crippen molar-refractivity contribution in [3.63, 3.8) is 0 Å². The normalized spacial score (nSPS) is 18.6. The number of hydrogen-bond acceptors (Lipinski definition) is 1. The zero-order chi connectivity index (χ0) is 5.98. The first-order valence-corrected chi connectivity index (χ1v) is 3.19. The van der Waals surface area contributed by atoms with Crippen molar-refractivity contribution in [3.05, 3.63) is 12.2 Å². The second-order valence-electron chi connectivity index (χ2n) is 2.60. The second-order valence-corrected chi connectivity index (χ2v) is 2.60. The Balaban J connectivity index is 2.07. The van der Waals surface area contributed by atoms with Crippen LogP contribution in [0.4, 0.5) is 0 Å². The van der Waals surface area contributed by atoms with Crippen LogP contribution in [0.2, 0.25) is 0 Å². The van der Waals surface area contributed by atoms with Gasteiger partial charge in [-0.1, -0.05) is 12.2 Å². The molecule has 1 heteroatoms. The summed E-state index contributed by atoms with van der Waals surface area (Å²) in [4.78, 5) is 0. The molecule has 0 saturated heterocycles. The molecule has 1 fully saturated rings. The van der Waals surface area contributed by atoms with E-state index in [1.807, 2.05) is 0 Å². The van der Waals surface area contributed by atoms with Crippen molar-refractivity contribution in [1.29, 1.82) is 0 Å². The first kappa shape index (κ1) is 5.83. The van der Waals surface area contributed by atoms with Crippen molar-refractivity contribution in [2.45, 2.75) is 19.3 Å². The third-order valence-corrected chi connectivity index (χ3v) is 1.56. The third-order valence-electron chi connectivity index (χ3n) is 1.56. The summed E-state index contributed by atoms with van der Waals surface area (Å²) in [5, 5.41) is 0. The molecule has 0 spiro atoms. The molecule has 0 atom stereocenters. The maximum atomic E-state index is 5.35. The smallest absolute Gasteiger partial charge is 0.0134 e. The van der Waals surface area contributed by atoms with Gasteiger partial charge in [-0.2, -0.15) is 0 Å². The lowest BCUT2D eigenvalue weighted by molar-refractivity contribution is 0.804. The summed E-state index contributed by atoms with van der Waals surface area (Å²) in [6.45, 7) is 4.51. The minimum Gasteiger partial charge on any atom is -0.327 e. The molecule has 1 rings (SSSR count). The Morgan fingerprint density at radius 3 is 2.62 bits per heavy atom. The van der Waals surface area contributed by atoms with Gasteiger partial charge in [-0.15, -0.1) is 0 Å². The van der Waals surface area contributed by atoms with Crippen molar-refractivity contribution in [2.24, 2.45) is 11.7 Å². The summed E-state index contributed by atoms with van der Waals surface area (Å²) in [6, 6.07) is 0. The minimum atomic E-state index is 0.677. The number of rotatable bonds is 3. The lowest BCUT2D eigenvalue weighted by Crippen LogP contribution is -2.01. The van der Waals surface area contributed by atoms with Gasteiger partial charge in [-0.3, -0.25) is 0 Å². The standard InChI is InChI=1S/C7H13N/c1-6(5-8)4-7-2-3-7/h7H,1-5,8H2. The molecular formula is C7H13N. The first-order valence-electron chi connectivity index (χ1n) is 3.19. The molecule has 0 aromatic rings. The predicted octanol–water partition coefficient (Wildman–Crippen LogP) is 1.30. The van der Waals surface area contributed by atoms with Gasteiger partial charge in [0, 0.05) is 6.54 Å². The lowest BCUT2D eigenvalue weighted by Gasteiger charge is -1.96. The molecule has 46 valence electrons. The van der Waals surface area contributed by atoms with E-state index in [9.17, 15) is 0 Å². The van der Waals surface area contributed by atoms with Crippen LogP contribution in [0.25, 0.3) is 0 Å². The quantitative estimate of drug-likeness (QED) is 0.546. The van der Waals surface area contributed by atoms with E-state index in [-0.39, 0.29) is 0 Å². The Bertz CT molecular complexity index is 92.6. The highest BCUT2D eigenvalue weighted by atomic mass is 14.5. The fourth-order valence-electron chi connectivity index (χ4n) is 0.814. The largest absolute Gasteiger partial charge is 0.327 e.